The Hall–Kier alpha value is -2.20. The number of hydrogen-bond acceptors (Lipinski definition) is 6. The predicted molar refractivity (Wildman–Crippen MR) is 58.3 cm³/mol. The molecular weight excluding hydrogens is 224 g/mol. The van der Waals surface area contributed by atoms with Crippen LogP contribution in [0, 0.1) is 11.3 Å². The molecule has 0 saturated carbocycles. The van der Waals surface area contributed by atoms with Crippen molar-refractivity contribution < 1.29 is 14.6 Å². The summed E-state index contributed by atoms with van der Waals surface area (Å²) in [5, 5.41) is 27.7. The van der Waals surface area contributed by atoms with E-state index in [2.05, 4.69) is 15.5 Å². The molecule has 0 fully saturated rings. The lowest BCUT2D eigenvalue weighted by atomic mass is 10.2. The zero-order chi connectivity index (χ0) is 12.7. The lowest BCUT2D eigenvalue weighted by molar-refractivity contribution is -0.138. The third kappa shape index (κ3) is 3.70. The van der Waals surface area contributed by atoms with Crippen LogP contribution in [0.25, 0.3) is 0 Å². The Labute approximate surface area is 98.0 Å². The first-order chi connectivity index (χ1) is 8.19. The van der Waals surface area contributed by atoms with Crippen LogP contribution in [0.4, 0.5) is 5.82 Å². The molecule has 7 nitrogen and oxygen atoms in total. The van der Waals surface area contributed by atoms with E-state index in [4.69, 9.17) is 15.1 Å². The molecule has 0 aliphatic carbocycles. The average molecular weight is 236 g/mol. The Balaban J connectivity index is 2.79. The SMILES string of the molecule is COCCC(Nc1nnccc1C#N)C(=O)O. The van der Waals surface area contributed by atoms with Gasteiger partial charge < -0.3 is 15.2 Å². The van der Waals surface area contributed by atoms with Crippen molar-refractivity contribution in [1.82, 2.24) is 10.2 Å². The lowest BCUT2D eigenvalue weighted by Crippen LogP contribution is -2.31. The van der Waals surface area contributed by atoms with E-state index in [9.17, 15) is 4.79 Å². The minimum Gasteiger partial charge on any atom is -0.480 e. The zero-order valence-corrected chi connectivity index (χ0v) is 9.25. The van der Waals surface area contributed by atoms with Gasteiger partial charge in [0.05, 0.1) is 11.8 Å². The molecule has 0 bridgehead atoms. The average Bonchev–Trinajstić information content (AvgIpc) is 2.34. The summed E-state index contributed by atoms with van der Waals surface area (Å²) in [5.74, 6) is -0.866. The Kier molecular flexibility index (Phi) is 4.84. The standard InChI is InChI=1S/C10H12N4O3/c1-17-5-3-8(10(15)16)13-9-7(6-11)2-4-12-14-9/h2,4,8H,3,5H2,1H3,(H,13,14)(H,15,16). The molecule has 7 heteroatoms. The van der Waals surface area contributed by atoms with Gasteiger partial charge in [-0.2, -0.15) is 10.4 Å². The number of anilines is 1. The van der Waals surface area contributed by atoms with Crippen molar-refractivity contribution in [2.24, 2.45) is 0 Å². The molecule has 2 N–H and O–H groups in total. The lowest BCUT2D eigenvalue weighted by Gasteiger charge is -2.14. The first-order valence-electron chi connectivity index (χ1n) is 4.89. The highest BCUT2D eigenvalue weighted by Gasteiger charge is 2.18. The van der Waals surface area contributed by atoms with Crippen molar-refractivity contribution >= 4 is 11.8 Å². The Bertz CT molecular complexity index is 430. The van der Waals surface area contributed by atoms with Gasteiger partial charge in [-0.05, 0) is 6.07 Å². The van der Waals surface area contributed by atoms with Crippen LogP contribution in [0.15, 0.2) is 12.3 Å². The van der Waals surface area contributed by atoms with Crippen LogP contribution < -0.4 is 5.32 Å². The van der Waals surface area contributed by atoms with Gasteiger partial charge in [-0.1, -0.05) is 0 Å². The van der Waals surface area contributed by atoms with Crippen LogP contribution in [-0.2, 0) is 9.53 Å². The number of nitriles is 1. The smallest absolute Gasteiger partial charge is 0.326 e. The van der Waals surface area contributed by atoms with E-state index >= 15 is 0 Å². The first-order valence-corrected chi connectivity index (χ1v) is 4.89. The van der Waals surface area contributed by atoms with Crippen LogP contribution in [0.5, 0.6) is 0 Å². The Morgan fingerprint density at radius 2 is 2.53 bits per heavy atom. The molecule has 0 aliphatic heterocycles. The summed E-state index contributed by atoms with van der Waals surface area (Å²) in [6.45, 7) is 0.298. The Morgan fingerprint density at radius 1 is 1.76 bits per heavy atom. The maximum absolute atomic E-state index is 11.0. The van der Waals surface area contributed by atoms with E-state index < -0.39 is 12.0 Å². The molecule has 90 valence electrons. The molecule has 1 aromatic rings. The Morgan fingerprint density at radius 3 is 3.12 bits per heavy atom. The summed E-state index contributed by atoms with van der Waals surface area (Å²) in [6.07, 6.45) is 1.64. The molecule has 0 saturated heterocycles. The second-order valence-corrected chi connectivity index (χ2v) is 3.22. The maximum Gasteiger partial charge on any atom is 0.326 e. The predicted octanol–water partition coefficient (Wildman–Crippen LogP) is 0.250. The van der Waals surface area contributed by atoms with Gasteiger partial charge in [-0.3, -0.25) is 0 Å². The number of rotatable bonds is 6. The minimum absolute atomic E-state index is 0.165. The fraction of sp³-hybridized carbons (Fsp3) is 0.400. The van der Waals surface area contributed by atoms with Crippen LogP contribution in [-0.4, -0.2) is 41.0 Å². The second kappa shape index (κ2) is 6.40. The summed E-state index contributed by atoms with van der Waals surface area (Å²) in [5.41, 5.74) is 0.253. The van der Waals surface area contributed by atoms with Crippen molar-refractivity contribution in [3.05, 3.63) is 17.8 Å². The number of nitrogens with zero attached hydrogens (tertiary/aromatic N) is 3. The fourth-order valence-corrected chi connectivity index (χ4v) is 1.19. The highest BCUT2D eigenvalue weighted by Crippen LogP contribution is 2.11. The molecule has 0 aromatic carbocycles. The van der Waals surface area contributed by atoms with Crippen molar-refractivity contribution in [2.45, 2.75) is 12.5 Å². The van der Waals surface area contributed by atoms with Gasteiger partial charge in [0.25, 0.3) is 0 Å². The quantitative estimate of drug-likeness (QED) is 0.728. The van der Waals surface area contributed by atoms with Crippen molar-refractivity contribution in [3.8, 4) is 6.07 Å². The summed E-state index contributed by atoms with van der Waals surface area (Å²) in [6, 6.07) is 2.51. The van der Waals surface area contributed by atoms with Crippen molar-refractivity contribution in [3.63, 3.8) is 0 Å². The van der Waals surface area contributed by atoms with Crippen LogP contribution in [0.1, 0.15) is 12.0 Å². The summed E-state index contributed by atoms with van der Waals surface area (Å²) in [4.78, 5) is 11.0. The number of ether oxygens (including phenoxy) is 1. The van der Waals surface area contributed by atoms with Crippen molar-refractivity contribution in [2.75, 3.05) is 19.0 Å². The summed E-state index contributed by atoms with van der Waals surface area (Å²) >= 11 is 0. The number of nitrogens with one attached hydrogen (secondary N) is 1. The molecule has 1 heterocycles. The third-order valence-corrected chi connectivity index (χ3v) is 2.06. The molecule has 0 amide bonds. The van der Waals surface area contributed by atoms with Gasteiger partial charge in [0.2, 0.25) is 0 Å². The number of methoxy groups -OCH3 is 1. The van der Waals surface area contributed by atoms with Gasteiger partial charge in [0, 0.05) is 20.1 Å². The van der Waals surface area contributed by atoms with Crippen LogP contribution >= 0.6 is 0 Å². The third-order valence-electron chi connectivity index (χ3n) is 2.06. The number of aliphatic carboxylic acids is 1. The van der Waals surface area contributed by atoms with E-state index in [1.165, 1.54) is 19.4 Å². The van der Waals surface area contributed by atoms with Gasteiger partial charge in [0.15, 0.2) is 5.82 Å². The second-order valence-electron chi connectivity index (χ2n) is 3.22. The first kappa shape index (κ1) is 12.9. The topological polar surface area (TPSA) is 108 Å². The van der Waals surface area contributed by atoms with E-state index in [0.29, 0.717) is 6.61 Å². The van der Waals surface area contributed by atoms with Crippen LogP contribution in [0.2, 0.25) is 0 Å². The molecule has 1 unspecified atom stereocenters. The highest BCUT2D eigenvalue weighted by atomic mass is 16.5. The number of carboxylic acids is 1. The summed E-state index contributed by atoms with van der Waals surface area (Å²) < 4.78 is 4.81. The molecule has 1 atom stereocenters. The van der Waals surface area contributed by atoms with Gasteiger partial charge in [-0.25, -0.2) is 4.79 Å². The van der Waals surface area contributed by atoms with E-state index in [1.807, 2.05) is 6.07 Å². The number of hydrogen-bond donors (Lipinski definition) is 2. The zero-order valence-electron chi connectivity index (χ0n) is 9.25. The van der Waals surface area contributed by atoms with Gasteiger partial charge in [0.1, 0.15) is 12.1 Å². The number of carbonyl (C=O) groups is 1. The molecular formula is C10H12N4O3. The monoisotopic (exact) mass is 236 g/mol. The molecule has 0 aliphatic rings. The van der Waals surface area contributed by atoms with Gasteiger partial charge >= 0.3 is 5.97 Å². The highest BCUT2D eigenvalue weighted by molar-refractivity contribution is 5.77. The van der Waals surface area contributed by atoms with E-state index in [-0.39, 0.29) is 17.8 Å². The minimum atomic E-state index is -1.03. The van der Waals surface area contributed by atoms with E-state index in [0.717, 1.165) is 0 Å². The van der Waals surface area contributed by atoms with Crippen LogP contribution in [0.3, 0.4) is 0 Å². The van der Waals surface area contributed by atoms with Crippen molar-refractivity contribution in [1.29, 1.82) is 5.26 Å². The van der Waals surface area contributed by atoms with Gasteiger partial charge in [-0.15, -0.1) is 5.10 Å². The largest absolute Gasteiger partial charge is 0.480 e. The van der Waals surface area contributed by atoms with E-state index in [1.54, 1.807) is 0 Å². The normalized spacial score (nSPS) is 11.5. The maximum atomic E-state index is 11.0. The fourth-order valence-electron chi connectivity index (χ4n) is 1.19. The molecule has 1 rings (SSSR count). The number of aromatic nitrogens is 2. The summed E-state index contributed by atoms with van der Waals surface area (Å²) in [7, 11) is 1.49. The molecule has 0 radical (unpaired) electrons. The molecule has 0 spiro atoms. The molecule has 17 heavy (non-hydrogen) atoms. The molecule has 1 aromatic heterocycles. The number of carboxylic acid groups (broad SMARTS) is 1.